The molecule has 0 radical (unpaired) electrons. The maximum absolute atomic E-state index is 14.9. The van der Waals surface area contributed by atoms with E-state index >= 15 is 0 Å². The average molecular weight is 416 g/mol. The highest BCUT2D eigenvalue weighted by Crippen LogP contribution is 2.30. The molecule has 1 fully saturated rings. The molecule has 0 bridgehead atoms. The number of likely N-dealkylation sites (tertiary alicyclic amines) is 1. The molecule has 3 rings (SSSR count). The van der Waals surface area contributed by atoms with E-state index in [0.717, 1.165) is 31.6 Å². The van der Waals surface area contributed by atoms with Crippen molar-refractivity contribution in [2.45, 2.75) is 18.6 Å². The maximum atomic E-state index is 14.9. The largest absolute Gasteiger partial charge is 0.465 e. The molecule has 0 saturated carbocycles. The van der Waals surface area contributed by atoms with Crippen LogP contribution in [0.3, 0.4) is 0 Å². The zero-order chi connectivity index (χ0) is 21.5. The first-order valence-electron chi connectivity index (χ1n) is 10.0. The number of carbonyl (C=O) groups is 1. The Balaban J connectivity index is 1.80. The first-order valence-corrected chi connectivity index (χ1v) is 10.0. The molecule has 2 atom stereocenters. The molecule has 2 aromatic rings. The minimum absolute atomic E-state index is 0.0640. The number of methoxy groups -OCH3 is 2. The molecule has 0 amide bonds. The first kappa shape index (κ1) is 22.2. The van der Waals surface area contributed by atoms with Gasteiger partial charge in [-0.3, -0.25) is 4.90 Å². The van der Waals surface area contributed by atoms with Crippen LogP contribution >= 0.6 is 0 Å². The molecule has 0 spiro atoms. The summed E-state index contributed by atoms with van der Waals surface area (Å²) in [5.41, 5.74) is 1.72. The molecule has 1 aliphatic heterocycles. The summed E-state index contributed by atoms with van der Waals surface area (Å²) in [4.78, 5) is 16.0. The van der Waals surface area contributed by atoms with Crippen molar-refractivity contribution in [3.8, 4) is 0 Å². The van der Waals surface area contributed by atoms with E-state index in [-0.39, 0.29) is 24.5 Å². The van der Waals surface area contributed by atoms with Crippen LogP contribution in [0.4, 0.5) is 10.1 Å². The molecule has 2 aromatic carbocycles. The van der Waals surface area contributed by atoms with Crippen molar-refractivity contribution in [3.05, 3.63) is 65.5 Å². The number of benzene rings is 2. The zero-order valence-corrected chi connectivity index (χ0v) is 17.7. The fourth-order valence-corrected chi connectivity index (χ4v) is 3.84. The van der Waals surface area contributed by atoms with Crippen molar-refractivity contribution >= 4 is 11.7 Å². The van der Waals surface area contributed by atoms with Gasteiger partial charge in [-0.25, -0.2) is 9.18 Å². The van der Waals surface area contributed by atoms with Crippen LogP contribution in [0.25, 0.3) is 0 Å². The third-order valence-electron chi connectivity index (χ3n) is 5.48. The standard InChI is InChI=1S/C23H29FN2O4/c1-25(21-10-9-18(13-20(21)24)23(27)29-3)22(17-7-5-4-6-8-17)15-26-12-11-19(14-26)30-16-28-2/h4-10,13,19,22H,11-12,14-16H2,1-3H3. The number of likely N-dealkylation sites (N-methyl/N-ethyl adjacent to an activating group) is 1. The van der Waals surface area contributed by atoms with Crippen LogP contribution < -0.4 is 4.90 Å². The van der Waals surface area contributed by atoms with E-state index in [1.165, 1.54) is 13.2 Å². The van der Waals surface area contributed by atoms with Gasteiger partial charge in [0.15, 0.2) is 0 Å². The van der Waals surface area contributed by atoms with Crippen molar-refractivity contribution in [2.75, 3.05) is 52.6 Å². The third kappa shape index (κ3) is 5.36. The van der Waals surface area contributed by atoms with Gasteiger partial charge < -0.3 is 19.1 Å². The van der Waals surface area contributed by atoms with Crippen LogP contribution in [-0.4, -0.2) is 64.7 Å². The second kappa shape index (κ2) is 10.5. The zero-order valence-electron chi connectivity index (χ0n) is 17.7. The number of anilines is 1. The molecule has 0 aliphatic carbocycles. The molecule has 0 aromatic heterocycles. The van der Waals surface area contributed by atoms with Gasteiger partial charge in [-0.2, -0.15) is 0 Å². The van der Waals surface area contributed by atoms with Gasteiger partial charge in [0.1, 0.15) is 12.6 Å². The predicted octanol–water partition coefficient (Wildman–Crippen LogP) is 3.48. The number of hydrogen-bond donors (Lipinski definition) is 0. The lowest BCUT2D eigenvalue weighted by Crippen LogP contribution is -2.36. The summed E-state index contributed by atoms with van der Waals surface area (Å²) in [7, 11) is 4.78. The van der Waals surface area contributed by atoms with Gasteiger partial charge in [-0.1, -0.05) is 30.3 Å². The molecular weight excluding hydrogens is 387 g/mol. The highest BCUT2D eigenvalue weighted by molar-refractivity contribution is 5.89. The van der Waals surface area contributed by atoms with Gasteiger partial charge >= 0.3 is 5.97 Å². The van der Waals surface area contributed by atoms with E-state index in [2.05, 4.69) is 21.8 Å². The quantitative estimate of drug-likeness (QED) is 0.461. The molecular formula is C23H29FN2O4. The van der Waals surface area contributed by atoms with E-state index in [9.17, 15) is 9.18 Å². The van der Waals surface area contributed by atoms with Gasteiger partial charge in [-0.15, -0.1) is 0 Å². The lowest BCUT2D eigenvalue weighted by molar-refractivity contribution is -0.0671. The van der Waals surface area contributed by atoms with Crippen LogP contribution in [-0.2, 0) is 14.2 Å². The maximum Gasteiger partial charge on any atom is 0.337 e. The molecule has 1 saturated heterocycles. The molecule has 162 valence electrons. The normalized spacial score (nSPS) is 17.7. The second-order valence-electron chi connectivity index (χ2n) is 7.44. The topological polar surface area (TPSA) is 51.2 Å². The Morgan fingerprint density at radius 3 is 2.67 bits per heavy atom. The van der Waals surface area contributed by atoms with Crippen molar-refractivity contribution in [3.63, 3.8) is 0 Å². The smallest absolute Gasteiger partial charge is 0.337 e. The highest BCUT2D eigenvalue weighted by Gasteiger charge is 2.28. The molecule has 1 aliphatic rings. The van der Waals surface area contributed by atoms with Crippen molar-refractivity contribution in [1.29, 1.82) is 0 Å². The van der Waals surface area contributed by atoms with Gasteiger partial charge in [-0.05, 0) is 30.2 Å². The molecule has 2 unspecified atom stereocenters. The summed E-state index contributed by atoms with van der Waals surface area (Å²) < 4.78 is 30.3. The summed E-state index contributed by atoms with van der Waals surface area (Å²) in [5.74, 6) is -1.01. The van der Waals surface area contributed by atoms with Crippen LogP contribution in [0, 0.1) is 5.82 Å². The van der Waals surface area contributed by atoms with Crippen molar-refractivity contribution in [2.24, 2.45) is 0 Å². The van der Waals surface area contributed by atoms with Crippen LogP contribution in [0.15, 0.2) is 48.5 Å². The minimum atomic E-state index is -0.554. The van der Waals surface area contributed by atoms with E-state index in [4.69, 9.17) is 9.47 Å². The summed E-state index contributed by atoms with van der Waals surface area (Å²) >= 11 is 0. The molecule has 30 heavy (non-hydrogen) atoms. The number of nitrogens with zero attached hydrogens (tertiary/aromatic N) is 2. The van der Waals surface area contributed by atoms with E-state index in [0.29, 0.717) is 5.69 Å². The number of carbonyl (C=O) groups excluding carboxylic acids is 1. The Labute approximate surface area is 177 Å². The number of rotatable bonds is 9. The average Bonchev–Trinajstić information content (AvgIpc) is 3.23. The number of halogens is 1. The van der Waals surface area contributed by atoms with Crippen LogP contribution in [0.5, 0.6) is 0 Å². The van der Waals surface area contributed by atoms with Crippen LogP contribution in [0.2, 0.25) is 0 Å². The van der Waals surface area contributed by atoms with Gasteiger partial charge in [0, 0.05) is 33.8 Å². The third-order valence-corrected chi connectivity index (χ3v) is 5.48. The Morgan fingerprint density at radius 1 is 1.23 bits per heavy atom. The number of ether oxygens (including phenoxy) is 3. The Kier molecular flexibility index (Phi) is 7.79. The second-order valence-corrected chi connectivity index (χ2v) is 7.44. The molecule has 6 nitrogen and oxygen atoms in total. The minimum Gasteiger partial charge on any atom is -0.465 e. The Bertz CT molecular complexity index is 833. The summed E-state index contributed by atoms with van der Waals surface area (Å²) in [6.07, 6.45) is 1.08. The lowest BCUT2D eigenvalue weighted by atomic mass is 10.0. The Hall–Kier alpha value is -2.48. The van der Waals surface area contributed by atoms with Crippen LogP contribution in [0.1, 0.15) is 28.4 Å². The van der Waals surface area contributed by atoms with Gasteiger partial charge in [0.05, 0.1) is 30.5 Å². The van der Waals surface area contributed by atoms with Gasteiger partial charge in [0.2, 0.25) is 0 Å². The molecule has 7 heteroatoms. The number of esters is 1. The lowest BCUT2D eigenvalue weighted by Gasteiger charge is -2.34. The summed E-state index contributed by atoms with van der Waals surface area (Å²) in [6, 6.07) is 14.4. The fourth-order valence-electron chi connectivity index (χ4n) is 3.84. The summed E-state index contributed by atoms with van der Waals surface area (Å²) in [6.45, 7) is 2.74. The van der Waals surface area contributed by atoms with Crippen molar-refractivity contribution in [1.82, 2.24) is 4.90 Å². The highest BCUT2D eigenvalue weighted by atomic mass is 19.1. The van der Waals surface area contributed by atoms with Gasteiger partial charge in [0.25, 0.3) is 0 Å². The molecule has 1 heterocycles. The fraction of sp³-hybridized carbons (Fsp3) is 0.435. The van der Waals surface area contributed by atoms with E-state index in [1.807, 2.05) is 30.1 Å². The summed E-state index contributed by atoms with van der Waals surface area (Å²) in [5, 5.41) is 0. The SMILES string of the molecule is COCOC1CCN(CC(c2ccccc2)N(C)c2ccc(C(=O)OC)cc2F)C1. The Morgan fingerprint density at radius 2 is 2.00 bits per heavy atom. The monoisotopic (exact) mass is 416 g/mol. The first-order chi connectivity index (χ1) is 14.5. The number of hydrogen-bond acceptors (Lipinski definition) is 6. The molecule has 0 N–H and O–H groups in total. The van der Waals surface area contributed by atoms with E-state index in [1.54, 1.807) is 19.2 Å². The van der Waals surface area contributed by atoms with E-state index < -0.39 is 11.8 Å². The predicted molar refractivity (Wildman–Crippen MR) is 113 cm³/mol. The van der Waals surface area contributed by atoms with Crippen molar-refractivity contribution < 1.29 is 23.4 Å².